The number of nitrogens with two attached hydrogens (primary N) is 1. The Labute approximate surface area is 267 Å². The number of carbonyl (C=O) groups is 2. The summed E-state index contributed by atoms with van der Waals surface area (Å²) in [5, 5.41) is 30.7. The van der Waals surface area contributed by atoms with E-state index in [0.29, 0.717) is 47.2 Å². The third-order valence-corrected chi connectivity index (χ3v) is 10.3. The Balaban J connectivity index is 1.52. The van der Waals surface area contributed by atoms with E-state index in [-0.39, 0.29) is 36.3 Å². The highest BCUT2D eigenvalue weighted by Gasteiger charge is 2.52. The third kappa shape index (κ3) is 6.00. The van der Waals surface area contributed by atoms with Crippen LogP contribution in [0.1, 0.15) is 59.8 Å². The number of nitrogens with zero attached hydrogens (tertiary/aromatic N) is 3. The van der Waals surface area contributed by atoms with Gasteiger partial charge in [0.1, 0.15) is 17.8 Å². The molecule has 0 radical (unpaired) electrons. The van der Waals surface area contributed by atoms with Crippen molar-refractivity contribution in [3.05, 3.63) is 39.9 Å². The standard InChI is InChI=1S/C32H40N4O8S/c1-15(2)36(24(9-33)27-21-10-35(27)11-22-19(21)7-16(3)29(41-6)28(22)38)12-26(45-13-23(34)32(39)40)20-8-25-31(43-14-42-25)17(4)30(20)44-18(5)37/h7-8,15,21,23-24,26-27,38H,10-14,34H2,1-6H3,(H,39,40)/t21?,23?,24-,26?,27?/m0/s1. The van der Waals surface area contributed by atoms with E-state index in [0.717, 1.165) is 23.2 Å². The van der Waals surface area contributed by atoms with Crippen LogP contribution in [0.3, 0.4) is 0 Å². The van der Waals surface area contributed by atoms with Crippen molar-refractivity contribution >= 4 is 23.7 Å². The fourth-order valence-corrected chi connectivity index (χ4v) is 7.94. The summed E-state index contributed by atoms with van der Waals surface area (Å²) in [5.74, 6) is 0.415. The molecule has 2 bridgehead atoms. The maximum absolute atomic E-state index is 12.2. The average molecular weight is 641 g/mol. The number of methoxy groups -OCH3 is 1. The molecule has 5 unspecified atom stereocenters. The average Bonchev–Trinajstić information content (AvgIpc) is 3.46. The molecule has 4 heterocycles. The van der Waals surface area contributed by atoms with E-state index >= 15 is 0 Å². The van der Waals surface area contributed by atoms with E-state index in [2.05, 4.69) is 21.9 Å². The van der Waals surface area contributed by atoms with Gasteiger partial charge in [0.2, 0.25) is 6.79 Å². The molecule has 0 aliphatic carbocycles. The summed E-state index contributed by atoms with van der Waals surface area (Å²) in [5.41, 5.74) is 9.86. The van der Waals surface area contributed by atoms with Gasteiger partial charge in [-0.05, 0) is 44.9 Å². The lowest BCUT2D eigenvalue weighted by molar-refractivity contribution is -0.138. The monoisotopic (exact) mass is 640 g/mol. The Bertz CT molecular complexity index is 1540. The van der Waals surface area contributed by atoms with Crippen molar-refractivity contribution in [1.82, 2.24) is 9.80 Å². The summed E-state index contributed by atoms with van der Waals surface area (Å²) in [7, 11) is 1.54. The molecule has 242 valence electrons. The van der Waals surface area contributed by atoms with Gasteiger partial charge < -0.3 is 34.9 Å². The number of carboxylic acid groups (broad SMARTS) is 1. The third-order valence-electron chi connectivity index (χ3n) is 8.92. The number of carbonyl (C=O) groups excluding carboxylic acids is 1. The molecule has 2 aromatic carbocycles. The summed E-state index contributed by atoms with van der Waals surface area (Å²) >= 11 is 1.33. The van der Waals surface area contributed by atoms with Gasteiger partial charge >= 0.3 is 11.9 Å². The lowest BCUT2D eigenvalue weighted by Gasteiger charge is -2.57. The number of phenolic OH excluding ortho intramolecular Hbond substituents is 1. The Hall–Kier alpha value is -3.70. The second kappa shape index (κ2) is 13.0. The number of phenols is 1. The van der Waals surface area contributed by atoms with Crippen LogP contribution in [0.5, 0.6) is 28.7 Å². The number of esters is 1. The first-order valence-electron chi connectivity index (χ1n) is 14.9. The zero-order chi connectivity index (χ0) is 32.7. The van der Waals surface area contributed by atoms with Crippen LogP contribution in [-0.4, -0.2) is 88.9 Å². The van der Waals surface area contributed by atoms with Crippen molar-refractivity contribution in [2.45, 2.75) is 76.5 Å². The topological polar surface area (TPSA) is 168 Å². The first kappa shape index (κ1) is 32.7. The van der Waals surface area contributed by atoms with Crippen LogP contribution in [0.4, 0.5) is 0 Å². The van der Waals surface area contributed by atoms with Gasteiger partial charge in [-0.3, -0.25) is 19.4 Å². The molecule has 4 aliphatic rings. The number of aromatic hydroxyl groups is 1. The quantitative estimate of drug-likeness (QED) is 0.228. The largest absolute Gasteiger partial charge is 0.504 e. The Morgan fingerprint density at radius 2 is 2.00 bits per heavy atom. The number of ether oxygens (including phenoxy) is 4. The van der Waals surface area contributed by atoms with Gasteiger partial charge in [-0.25, -0.2) is 0 Å². The predicted molar refractivity (Wildman–Crippen MR) is 167 cm³/mol. The molecular weight excluding hydrogens is 600 g/mol. The summed E-state index contributed by atoms with van der Waals surface area (Å²) in [6.45, 7) is 10.7. The lowest BCUT2D eigenvalue weighted by atomic mass is 9.71. The van der Waals surface area contributed by atoms with Gasteiger partial charge in [-0.15, -0.1) is 0 Å². The normalized spacial score (nSPS) is 21.4. The number of aryl methyl sites for hydroxylation is 1. The van der Waals surface area contributed by atoms with Gasteiger partial charge in [-0.1, -0.05) is 6.07 Å². The highest BCUT2D eigenvalue weighted by molar-refractivity contribution is 7.99. The van der Waals surface area contributed by atoms with Crippen LogP contribution in [-0.2, 0) is 16.1 Å². The van der Waals surface area contributed by atoms with Crippen LogP contribution in [0.2, 0.25) is 0 Å². The van der Waals surface area contributed by atoms with Crippen LogP contribution in [0.25, 0.3) is 0 Å². The molecular formula is C32H40N4O8S. The summed E-state index contributed by atoms with van der Waals surface area (Å²) in [6, 6.07) is 4.54. The summed E-state index contributed by atoms with van der Waals surface area (Å²) in [4.78, 5) is 28.2. The fraction of sp³-hybridized carbons (Fsp3) is 0.531. The van der Waals surface area contributed by atoms with Gasteiger partial charge in [-0.2, -0.15) is 17.0 Å². The first-order valence-corrected chi connectivity index (χ1v) is 15.9. The van der Waals surface area contributed by atoms with Gasteiger partial charge in [0.05, 0.1) is 13.2 Å². The zero-order valence-corrected chi connectivity index (χ0v) is 27.1. The molecule has 4 aliphatic heterocycles. The molecule has 0 aromatic heterocycles. The smallest absolute Gasteiger partial charge is 0.321 e. The number of hydrogen-bond acceptors (Lipinski definition) is 12. The molecule has 0 saturated carbocycles. The lowest BCUT2D eigenvalue weighted by Crippen LogP contribution is -2.66. The number of fused-ring (bicyclic) bond motifs is 1. The minimum absolute atomic E-state index is 0.0245. The van der Waals surface area contributed by atoms with Crippen molar-refractivity contribution in [3.63, 3.8) is 0 Å². The summed E-state index contributed by atoms with van der Waals surface area (Å²) < 4.78 is 22.5. The molecule has 6 rings (SSSR count). The minimum Gasteiger partial charge on any atom is -0.504 e. The Kier molecular flexibility index (Phi) is 9.41. The second-order valence-corrected chi connectivity index (χ2v) is 13.3. The van der Waals surface area contributed by atoms with Crippen LogP contribution >= 0.6 is 11.8 Å². The molecule has 0 amide bonds. The van der Waals surface area contributed by atoms with Crippen molar-refractivity contribution in [2.75, 3.05) is 32.7 Å². The molecule has 6 atom stereocenters. The molecule has 12 nitrogen and oxygen atoms in total. The molecule has 45 heavy (non-hydrogen) atoms. The van der Waals surface area contributed by atoms with Crippen LogP contribution in [0, 0.1) is 25.2 Å². The number of benzene rings is 2. The minimum atomic E-state index is -1.12. The van der Waals surface area contributed by atoms with E-state index < -0.39 is 29.3 Å². The SMILES string of the molecule is COc1c(C)cc2c(c1O)CN1CC2C1[C@H](C#N)N(CC(SCC(N)C(=O)O)c1cc2c(c(C)c1OC(C)=O)OCO2)C(C)C. The van der Waals surface area contributed by atoms with E-state index in [1.54, 1.807) is 20.1 Å². The number of thioether (sulfide) groups is 1. The van der Waals surface area contributed by atoms with Gasteiger partial charge in [0.25, 0.3) is 0 Å². The van der Waals surface area contributed by atoms with Crippen molar-refractivity contribution in [3.8, 4) is 34.8 Å². The Morgan fingerprint density at radius 1 is 1.27 bits per heavy atom. The van der Waals surface area contributed by atoms with Crippen LogP contribution in [0.15, 0.2) is 12.1 Å². The van der Waals surface area contributed by atoms with E-state index in [1.165, 1.54) is 18.7 Å². The maximum atomic E-state index is 12.2. The highest BCUT2D eigenvalue weighted by Crippen LogP contribution is 2.52. The second-order valence-electron chi connectivity index (χ2n) is 12.0. The molecule has 1 fully saturated rings. The summed E-state index contributed by atoms with van der Waals surface area (Å²) in [6.07, 6.45) is 0. The van der Waals surface area contributed by atoms with E-state index in [1.807, 2.05) is 20.8 Å². The number of carboxylic acids is 1. The maximum Gasteiger partial charge on any atom is 0.321 e. The highest BCUT2D eigenvalue weighted by atomic mass is 32.2. The van der Waals surface area contributed by atoms with E-state index in [4.69, 9.17) is 24.7 Å². The Morgan fingerprint density at radius 3 is 2.62 bits per heavy atom. The molecule has 4 N–H and O–H groups in total. The molecule has 1 saturated heterocycles. The van der Waals surface area contributed by atoms with E-state index in [9.17, 15) is 25.1 Å². The van der Waals surface area contributed by atoms with Crippen molar-refractivity contribution < 1.29 is 38.7 Å². The first-order chi connectivity index (χ1) is 21.4. The fourth-order valence-electron chi connectivity index (χ4n) is 6.72. The van der Waals surface area contributed by atoms with Gasteiger partial charge in [0.15, 0.2) is 23.0 Å². The van der Waals surface area contributed by atoms with Gasteiger partial charge in [0, 0.05) is 72.3 Å². The number of hydrogen-bond donors (Lipinski definition) is 3. The number of nitriles is 1. The number of aliphatic carboxylic acids is 1. The molecule has 13 heteroatoms. The van der Waals surface area contributed by atoms with Crippen molar-refractivity contribution in [1.29, 1.82) is 5.26 Å². The molecule has 2 aromatic rings. The van der Waals surface area contributed by atoms with Crippen molar-refractivity contribution in [2.24, 2.45) is 5.73 Å². The van der Waals surface area contributed by atoms with Crippen LogP contribution < -0.4 is 24.7 Å². The zero-order valence-electron chi connectivity index (χ0n) is 26.3. The molecule has 0 spiro atoms. The predicted octanol–water partition coefficient (Wildman–Crippen LogP) is 3.44. The number of rotatable bonds is 12.